The number of nitrogen functional groups attached to an aromatic ring is 1. The minimum atomic E-state index is -0.733. The molecule has 0 unspecified atom stereocenters. The average Bonchev–Trinajstić information content (AvgIpc) is 2.40. The number of benzene rings is 2. The van der Waals surface area contributed by atoms with E-state index in [-0.39, 0.29) is 5.75 Å². The number of ether oxygens (including phenoxy) is 1. The Morgan fingerprint density at radius 1 is 1.20 bits per heavy atom. The Morgan fingerprint density at radius 3 is 2.75 bits per heavy atom. The van der Waals surface area contributed by atoms with Gasteiger partial charge in [-0.25, -0.2) is 8.78 Å². The molecule has 0 aliphatic heterocycles. The van der Waals surface area contributed by atoms with Crippen LogP contribution >= 0.6 is 0 Å². The van der Waals surface area contributed by atoms with E-state index in [1.54, 1.807) is 24.3 Å². The van der Waals surface area contributed by atoms with Gasteiger partial charge >= 0.3 is 0 Å². The summed E-state index contributed by atoms with van der Waals surface area (Å²) in [6.07, 6.45) is 0. The summed E-state index contributed by atoms with van der Waals surface area (Å²) < 4.78 is 31.1. The third-order valence-electron chi connectivity index (χ3n) is 2.42. The van der Waals surface area contributed by atoms with Crippen LogP contribution in [-0.2, 0) is 4.79 Å². The average molecular weight is 278 g/mol. The number of rotatable bonds is 4. The van der Waals surface area contributed by atoms with Crippen LogP contribution in [-0.4, -0.2) is 12.5 Å². The van der Waals surface area contributed by atoms with Gasteiger partial charge in [0.2, 0.25) is 0 Å². The summed E-state index contributed by atoms with van der Waals surface area (Å²) in [5, 5.41) is 2.53. The maximum Gasteiger partial charge on any atom is 0.262 e. The van der Waals surface area contributed by atoms with E-state index in [2.05, 4.69) is 5.32 Å². The number of halogens is 2. The van der Waals surface area contributed by atoms with Gasteiger partial charge in [-0.05, 0) is 30.3 Å². The Balaban J connectivity index is 1.94. The second-order valence-electron chi connectivity index (χ2n) is 4.04. The van der Waals surface area contributed by atoms with E-state index in [1.807, 2.05) is 0 Å². The summed E-state index contributed by atoms with van der Waals surface area (Å²) in [5.74, 6) is -2.19. The highest BCUT2D eigenvalue weighted by molar-refractivity contribution is 5.92. The van der Waals surface area contributed by atoms with E-state index in [9.17, 15) is 13.6 Å². The zero-order valence-corrected chi connectivity index (χ0v) is 10.4. The van der Waals surface area contributed by atoms with Crippen LogP contribution in [0.15, 0.2) is 42.5 Å². The Kier molecular flexibility index (Phi) is 4.14. The van der Waals surface area contributed by atoms with E-state index in [0.717, 1.165) is 18.2 Å². The number of carbonyl (C=O) groups is 1. The largest absolute Gasteiger partial charge is 0.481 e. The summed E-state index contributed by atoms with van der Waals surface area (Å²) in [5.41, 5.74) is 6.56. The van der Waals surface area contributed by atoms with E-state index < -0.39 is 24.1 Å². The first kappa shape index (κ1) is 13.8. The molecule has 2 aromatic rings. The third-order valence-corrected chi connectivity index (χ3v) is 2.42. The molecule has 0 aliphatic rings. The second kappa shape index (κ2) is 6.01. The van der Waals surface area contributed by atoms with Crippen molar-refractivity contribution in [2.45, 2.75) is 0 Å². The first-order chi connectivity index (χ1) is 9.54. The van der Waals surface area contributed by atoms with Gasteiger partial charge in [-0.1, -0.05) is 6.07 Å². The molecule has 0 fully saturated rings. The lowest BCUT2D eigenvalue weighted by Gasteiger charge is -2.08. The summed E-state index contributed by atoms with van der Waals surface area (Å²) in [6.45, 7) is -0.435. The molecule has 0 saturated heterocycles. The topological polar surface area (TPSA) is 64.3 Å². The molecule has 0 bridgehead atoms. The SMILES string of the molecule is Nc1cccc(NC(=O)COc2cc(F)ccc2F)c1. The van der Waals surface area contributed by atoms with E-state index in [1.165, 1.54) is 0 Å². The van der Waals surface area contributed by atoms with Crippen LogP contribution in [0.5, 0.6) is 5.75 Å². The van der Waals surface area contributed by atoms with Crippen LogP contribution in [0.1, 0.15) is 0 Å². The fourth-order valence-electron chi connectivity index (χ4n) is 1.54. The van der Waals surface area contributed by atoms with Crippen molar-refractivity contribution < 1.29 is 18.3 Å². The number of nitrogens with one attached hydrogen (secondary N) is 1. The number of hydrogen-bond acceptors (Lipinski definition) is 3. The van der Waals surface area contributed by atoms with Crippen LogP contribution in [0.3, 0.4) is 0 Å². The van der Waals surface area contributed by atoms with Crippen molar-refractivity contribution in [1.82, 2.24) is 0 Å². The molecule has 0 aromatic heterocycles. The predicted molar refractivity (Wildman–Crippen MR) is 71.3 cm³/mol. The number of hydrogen-bond donors (Lipinski definition) is 2. The summed E-state index contributed by atoms with van der Waals surface area (Å²) in [4.78, 5) is 11.6. The third kappa shape index (κ3) is 3.68. The molecule has 3 N–H and O–H groups in total. The van der Waals surface area contributed by atoms with Crippen molar-refractivity contribution in [3.63, 3.8) is 0 Å². The summed E-state index contributed by atoms with van der Waals surface area (Å²) >= 11 is 0. The molecular weight excluding hydrogens is 266 g/mol. The highest BCUT2D eigenvalue weighted by Crippen LogP contribution is 2.18. The van der Waals surface area contributed by atoms with Crippen molar-refractivity contribution in [2.75, 3.05) is 17.7 Å². The molecule has 2 rings (SSSR count). The zero-order valence-electron chi connectivity index (χ0n) is 10.4. The minimum absolute atomic E-state index is 0.312. The van der Waals surface area contributed by atoms with Crippen LogP contribution in [0.2, 0.25) is 0 Å². The van der Waals surface area contributed by atoms with Gasteiger partial charge in [-0.3, -0.25) is 4.79 Å². The molecule has 1 amide bonds. The minimum Gasteiger partial charge on any atom is -0.481 e. The fourth-order valence-corrected chi connectivity index (χ4v) is 1.54. The normalized spacial score (nSPS) is 10.1. The van der Waals surface area contributed by atoms with Crippen molar-refractivity contribution in [3.8, 4) is 5.75 Å². The molecule has 104 valence electrons. The molecule has 0 aliphatic carbocycles. The fraction of sp³-hybridized carbons (Fsp3) is 0.0714. The first-order valence-corrected chi connectivity index (χ1v) is 5.78. The highest BCUT2D eigenvalue weighted by Gasteiger charge is 2.08. The molecule has 4 nitrogen and oxygen atoms in total. The molecule has 0 saturated carbocycles. The number of carbonyl (C=O) groups excluding carboxylic acids is 1. The van der Waals surface area contributed by atoms with Crippen molar-refractivity contribution in [2.24, 2.45) is 0 Å². The lowest BCUT2D eigenvalue weighted by Crippen LogP contribution is -2.20. The van der Waals surface area contributed by atoms with Gasteiger partial charge in [0.15, 0.2) is 18.2 Å². The monoisotopic (exact) mass is 278 g/mol. The lowest BCUT2D eigenvalue weighted by atomic mass is 10.3. The summed E-state index contributed by atoms with van der Waals surface area (Å²) in [7, 11) is 0. The van der Waals surface area contributed by atoms with Crippen LogP contribution in [0.25, 0.3) is 0 Å². The van der Waals surface area contributed by atoms with E-state index in [4.69, 9.17) is 10.5 Å². The van der Waals surface area contributed by atoms with Gasteiger partial charge in [-0.15, -0.1) is 0 Å². The van der Waals surface area contributed by atoms with E-state index in [0.29, 0.717) is 11.4 Å². The smallest absolute Gasteiger partial charge is 0.262 e. The number of anilines is 2. The maximum absolute atomic E-state index is 13.3. The number of amides is 1. The maximum atomic E-state index is 13.3. The van der Waals surface area contributed by atoms with Gasteiger partial charge in [-0.2, -0.15) is 0 Å². The number of nitrogens with two attached hydrogens (primary N) is 1. The van der Waals surface area contributed by atoms with Crippen molar-refractivity contribution >= 4 is 17.3 Å². The van der Waals surface area contributed by atoms with Crippen LogP contribution < -0.4 is 15.8 Å². The molecule has 0 atom stereocenters. The molecule has 6 heteroatoms. The lowest BCUT2D eigenvalue weighted by molar-refractivity contribution is -0.118. The standard InChI is InChI=1S/C14H12F2N2O2/c15-9-4-5-12(16)13(6-9)20-8-14(19)18-11-3-1-2-10(17)7-11/h1-7H,8,17H2,(H,18,19). The Labute approximate surface area is 114 Å². The Morgan fingerprint density at radius 2 is 2.00 bits per heavy atom. The van der Waals surface area contributed by atoms with E-state index >= 15 is 0 Å². The highest BCUT2D eigenvalue weighted by atomic mass is 19.1. The van der Waals surface area contributed by atoms with Crippen molar-refractivity contribution in [1.29, 1.82) is 0 Å². The molecule has 0 spiro atoms. The van der Waals surface area contributed by atoms with Gasteiger partial charge in [0.25, 0.3) is 5.91 Å². The molecule has 0 radical (unpaired) electrons. The predicted octanol–water partition coefficient (Wildman–Crippen LogP) is 2.56. The van der Waals surface area contributed by atoms with Crippen LogP contribution in [0.4, 0.5) is 20.2 Å². The Bertz CT molecular complexity index is 632. The van der Waals surface area contributed by atoms with Crippen LogP contribution in [0, 0.1) is 11.6 Å². The molecule has 2 aromatic carbocycles. The van der Waals surface area contributed by atoms with Gasteiger partial charge < -0.3 is 15.8 Å². The van der Waals surface area contributed by atoms with Crippen molar-refractivity contribution in [3.05, 3.63) is 54.1 Å². The first-order valence-electron chi connectivity index (χ1n) is 5.78. The molecular formula is C14H12F2N2O2. The van der Waals surface area contributed by atoms with Gasteiger partial charge in [0.1, 0.15) is 5.82 Å². The quantitative estimate of drug-likeness (QED) is 0.845. The second-order valence-corrected chi connectivity index (χ2v) is 4.04. The van der Waals surface area contributed by atoms with Gasteiger partial charge in [0.05, 0.1) is 0 Å². The molecule has 0 heterocycles. The summed E-state index contributed by atoms with van der Waals surface area (Å²) in [6, 6.07) is 9.35. The zero-order chi connectivity index (χ0) is 14.5. The van der Waals surface area contributed by atoms with Gasteiger partial charge in [0, 0.05) is 17.4 Å². The Hall–Kier alpha value is -2.63. The molecule has 20 heavy (non-hydrogen) atoms.